The molecule has 1 aliphatic carbocycles. The lowest BCUT2D eigenvalue weighted by atomic mass is 9.82. The Labute approximate surface area is 107 Å². The van der Waals surface area contributed by atoms with Crippen molar-refractivity contribution in [1.29, 1.82) is 0 Å². The molecule has 0 spiro atoms. The van der Waals surface area contributed by atoms with Gasteiger partial charge in [0.15, 0.2) is 0 Å². The van der Waals surface area contributed by atoms with Crippen LogP contribution in [0.4, 0.5) is 0 Å². The Kier molecular flexibility index (Phi) is 4.48. The summed E-state index contributed by atoms with van der Waals surface area (Å²) in [6, 6.07) is 1.63. The minimum Gasteiger partial charge on any atom is -0.314 e. The van der Waals surface area contributed by atoms with Gasteiger partial charge in [0.1, 0.15) is 0 Å². The first-order chi connectivity index (χ1) is 8.19. The predicted molar refractivity (Wildman–Crippen MR) is 74.3 cm³/mol. The maximum Gasteiger partial charge on any atom is 0.00792 e. The Balaban J connectivity index is 1.70. The largest absolute Gasteiger partial charge is 0.314 e. The number of nitrogens with zero attached hydrogens (tertiary/aromatic N) is 1. The van der Waals surface area contributed by atoms with Crippen LogP contribution in [0.1, 0.15) is 59.3 Å². The highest BCUT2D eigenvalue weighted by molar-refractivity contribution is 4.90. The van der Waals surface area contributed by atoms with Crippen LogP contribution in [0.3, 0.4) is 0 Å². The maximum absolute atomic E-state index is 3.63. The van der Waals surface area contributed by atoms with E-state index in [0.29, 0.717) is 5.41 Å². The van der Waals surface area contributed by atoms with Crippen molar-refractivity contribution in [1.82, 2.24) is 10.2 Å². The second-order valence-corrected chi connectivity index (χ2v) is 6.29. The van der Waals surface area contributed by atoms with Crippen LogP contribution in [0.5, 0.6) is 0 Å². The third kappa shape index (κ3) is 3.45. The number of hydrogen-bond donors (Lipinski definition) is 1. The molecule has 2 rings (SSSR count). The van der Waals surface area contributed by atoms with Gasteiger partial charge in [-0.25, -0.2) is 0 Å². The summed E-state index contributed by atoms with van der Waals surface area (Å²) in [5.41, 5.74) is 0.637. The van der Waals surface area contributed by atoms with Gasteiger partial charge in [-0.1, -0.05) is 13.8 Å². The van der Waals surface area contributed by atoms with Gasteiger partial charge >= 0.3 is 0 Å². The highest BCUT2D eigenvalue weighted by Crippen LogP contribution is 2.37. The maximum atomic E-state index is 3.63. The molecule has 0 amide bonds. The van der Waals surface area contributed by atoms with E-state index in [1.165, 1.54) is 58.2 Å². The topological polar surface area (TPSA) is 15.3 Å². The molecule has 2 fully saturated rings. The zero-order valence-corrected chi connectivity index (χ0v) is 12.0. The molecular weight excluding hydrogens is 208 g/mol. The second-order valence-electron chi connectivity index (χ2n) is 6.29. The third-order valence-corrected chi connectivity index (χ3v) is 5.16. The Morgan fingerprint density at radius 1 is 1.29 bits per heavy atom. The molecule has 1 saturated heterocycles. The normalized spacial score (nSPS) is 26.3. The molecule has 1 N–H and O–H groups in total. The molecule has 1 heterocycles. The zero-order valence-electron chi connectivity index (χ0n) is 12.0. The molecule has 1 saturated carbocycles. The van der Waals surface area contributed by atoms with Crippen molar-refractivity contribution in [2.45, 2.75) is 71.4 Å². The van der Waals surface area contributed by atoms with E-state index in [-0.39, 0.29) is 0 Å². The van der Waals surface area contributed by atoms with Gasteiger partial charge in [-0.3, -0.25) is 0 Å². The van der Waals surface area contributed by atoms with Gasteiger partial charge in [0, 0.05) is 18.6 Å². The molecule has 0 radical (unpaired) electrons. The number of rotatable bonds is 7. The fourth-order valence-corrected chi connectivity index (χ4v) is 3.14. The lowest BCUT2D eigenvalue weighted by molar-refractivity contribution is 0.195. The molecule has 2 nitrogen and oxygen atoms in total. The molecule has 0 aromatic rings. The van der Waals surface area contributed by atoms with Crippen LogP contribution in [-0.2, 0) is 0 Å². The summed E-state index contributed by atoms with van der Waals surface area (Å²) in [5, 5.41) is 3.63. The number of nitrogens with one attached hydrogen (secondary N) is 1. The minimum absolute atomic E-state index is 0.637. The monoisotopic (exact) mass is 238 g/mol. The third-order valence-electron chi connectivity index (χ3n) is 5.16. The predicted octanol–water partition coefficient (Wildman–Crippen LogP) is 3.03. The van der Waals surface area contributed by atoms with Crippen LogP contribution in [-0.4, -0.2) is 36.6 Å². The van der Waals surface area contributed by atoms with E-state index in [9.17, 15) is 0 Å². The Morgan fingerprint density at radius 2 is 2.00 bits per heavy atom. The van der Waals surface area contributed by atoms with E-state index in [1.54, 1.807) is 0 Å². The fraction of sp³-hybridized carbons (Fsp3) is 1.00. The quantitative estimate of drug-likeness (QED) is 0.733. The Bertz CT molecular complexity index is 231. The molecule has 1 aliphatic heterocycles. The van der Waals surface area contributed by atoms with Crippen molar-refractivity contribution in [3.63, 3.8) is 0 Å². The summed E-state index contributed by atoms with van der Waals surface area (Å²) >= 11 is 0. The summed E-state index contributed by atoms with van der Waals surface area (Å²) in [6.07, 6.45) is 8.26. The number of hydrogen-bond acceptors (Lipinski definition) is 2. The van der Waals surface area contributed by atoms with Crippen LogP contribution in [0.2, 0.25) is 0 Å². The molecule has 2 aliphatic rings. The lowest BCUT2D eigenvalue weighted by Gasteiger charge is -2.29. The van der Waals surface area contributed by atoms with Gasteiger partial charge in [0.2, 0.25) is 0 Å². The fourth-order valence-electron chi connectivity index (χ4n) is 3.14. The Morgan fingerprint density at radius 3 is 2.53 bits per heavy atom. The highest BCUT2D eigenvalue weighted by atomic mass is 15.2. The van der Waals surface area contributed by atoms with E-state index in [2.05, 4.69) is 31.0 Å². The summed E-state index contributed by atoms with van der Waals surface area (Å²) in [7, 11) is 0. The SMILES string of the molecule is CCC1(CC)CCN(C(C)CCNC2CC2)C1. The van der Waals surface area contributed by atoms with E-state index < -0.39 is 0 Å². The van der Waals surface area contributed by atoms with E-state index in [0.717, 1.165) is 12.1 Å². The van der Waals surface area contributed by atoms with Crippen LogP contribution in [0.25, 0.3) is 0 Å². The van der Waals surface area contributed by atoms with Gasteiger partial charge in [-0.2, -0.15) is 0 Å². The first kappa shape index (κ1) is 13.4. The average molecular weight is 238 g/mol. The van der Waals surface area contributed by atoms with Crippen molar-refractivity contribution < 1.29 is 0 Å². The van der Waals surface area contributed by atoms with Crippen LogP contribution < -0.4 is 5.32 Å². The van der Waals surface area contributed by atoms with E-state index >= 15 is 0 Å². The molecule has 17 heavy (non-hydrogen) atoms. The van der Waals surface area contributed by atoms with Crippen molar-refractivity contribution >= 4 is 0 Å². The van der Waals surface area contributed by atoms with Gasteiger partial charge < -0.3 is 10.2 Å². The summed E-state index contributed by atoms with van der Waals surface area (Å²) in [4.78, 5) is 2.72. The van der Waals surface area contributed by atoms with Crippen LogP contribution >= 0.6 is 0 Å². The molecular formula is C15H30N2. The molecule has 1 atom stereocenters. The summed E-state index contributed by atoms with van der Waals surface area (Å²) < 4.78 is 0. The van der Waals surface area contributed by atoms with Gasteiger partial charge in [0.05, 0.1) is 0 Å². The van der Waals surface area contributed by atoms with Gasteiger partial charge in [0.25, 0.3) is 0 Å². The second kappa shape index (κ2) is 5.71. The van der Waals surface area contributed by atoms with Crippen LogP contribution in [0, 0.1) is 5.41 Å². The van der Waals surface area contributed by atoms with Crippen molar-refractivity contribution in [2.75, 3.05) is 19.6 Å². The van der Waals surface area contributed by atoms with Crippen molar-refractivity contribution in [2.24, 2.45) is 5.41 Å². The Hall–Kier alpha value is -0.0800. The average Bonchev–Trinajstić information content (AvgIpc) is 3.07. The molecule has 0 bridgehead atoms. The van der Waals surface area contributed by atoms with Gasteiger partial charge in [-0.15, -0.1) is 0 Å². The molecule has 0 aromatic heterocycles. The molecule has 2 heteroatoms. The molecule has 0 aromatic carbocycles. The first-order valence-electron chi connectivity index (χ1n) is 7.66. The highest BCUT2D eigenvalue weighted by Gasteiger charge is 2.36. The summed E-state index contributed by atoms with van der Waals surface area (Å²) in [6.45, 7) is 11.0. The van der Waals surface area contributed by atoms with Crippen LogP contribution in [0.15, 0.2) is 0 Å². The zero-order chi connectivity index (χ0) is 12.3. The first-order valence-corrected chi connectivity index (χ1v) is 7.66. The lowest BCUT2D eigenvalue weighted by Crippen LogP contribution is -2.35. The van der Waals surface area contributed by atoms with E-state index in [4.69, 9.17) is 0 Å². The molecule has 1 unspecified atom stereocenters. The van der Waals surface area contributed by atoms with Gasteiger partial charge in [-0.05, 0) is 64.0 Å². The van der Waals surface area contributed by atoms with E-state index in [1.807, 2.05) is 0 Å². The smallest absolute Gasteiger partial charge is 0.00792 e. The minimum atomic E-state index is 0.637. The molecule has 100 valence electrons. The summed E-state index contributed by atoms with van der Waals surface area (Å²) in [5.74, 6) is 0. The van der Waals surface area contributed by atoms with Crippen molar-refractivity contribution in [3.8, 4) is 0 Å². The number of likely N-dealkylation sites (tertiary alicyclic amines) is 1. The standard InChI is InChI=1S/C15H30N2/c1-4-15(5-2)9-11-17(12-15)13(3)8-10-16-14-6-7-14/h13-14,16H,4-12H2,1-3H3. The van der Waals surface area contributed by atoms with Crippen molar-refractivity contribution in [3.05, 3.63) is 0 Å².